The fourth-order valence-corrected chi connectivity index (χ4v) is 2.20. The Morgan fingerprint density at radius 2 is 1.95 bits per heavy atom. The Hall–Kier alpha value is -2.08. The number of hydrogen-bond donors (Lipinski definition) is 1. The van der Waals surface area contributed by atoms with Gasteiger partial charge in [0.1, 0.15) is 11.5 Å². The van der Waals surface area contributed by atoms with E-state index in [2.05, 4.69) is 4.98 Å². The Morgan fingerprint density at radius 1 is 1.21 bits per heavy atom. The molecule has 1 aromatic heterocycles. The van der Waals surface area contributed by atoms with Gasteiger partial charge in [-0.2, -0.15) is 0 Å². The zero-order valence-corrected chi connectivity index (χ0v) is 11.4. The lowest BCUT2D eigenvalue weighted by Crippen LogP contribution is -2.00. The van der Waals surface area contributed by atoms with Crippen LogP contribution in [0.25, 0.3) is 0 Å². The normalized spacial score (nSPS) is 11.3. The SMILES string of the molecule is Cc1ncccc1Oc1ccc(S(C)(=O)=O)cc1N. The molecule has 0 amide bonds. The summed E-state index contributed by atoms with van der Waals surface area (Å²) in [4.78, 5) is 4.27. The van der Waals surface area contributed by atoms with Crippen LogP contribution < -0.4 is 10.5 Å². The van der Waals surface area contributed by atoms with E-state index < -0.39 is 9.84 Å². The van der Waals surface area contributed by atoms with Crippen molar-refractivity contribution in [2.75, 3.05) is 12.0 Å². The Labute approximate surface area is 112 Å². The highest BCUT2D eigenvalue weighted by Gasteiger charge is 2.11. The minimum atomic E-state index is -3.27. The van der Waals surface area contributed by atoms with Crippen molar-refractivity contribution >= 4 is 15.5 Å². The Balaban J connectivity index is 2.36. The molecule has 0 spiro atoms. The van der Waals surface area contributed by atoms with Crippen LogP contribution in [0.5, 0.6) is 11.5 Å². The summed E-state index contributed by atoms with van der Waals surface area (Å²) in [6.45, 7) is 1.82. The number of pyridine rings is 1. The lowest BCUT2D eigenvalue weighted by molar-refractivity contribution is 0.477. The Bertz CT molecular complexity index is 712. The summed E-state index contributed by atoms with van der Waals surface area (Å²) in [7, 11) is -3.27. The number of benzene rings is 1. The second kappa shape index (κ2) is 4.89. The van der Waals surface area contributed by atoms with E-state index in [1.165, 1.54) is 18.2 Å². The fourth-order valence-electron chi connectivity index (χ4n) is 1.55. The van der Waals surface area contributed by atoms with Crippen LogP contribution in [-0.4, -0.2) is 19.7 Å². The maximum absolute atomic E-state index is 11.4. The number of aromatic nitrogens is 1. The van der Waals surface area contributed by atoms with Crippen molar-refractivity contribution in [1.82, 2.24) is 4.98 Å². The number of ether oxygens (including phenoxy) is 1. The summed E-state index contributed by atoms with van der Waals surface area (Å²) >= 11 is 0. The Morgan fingerprint density at radius 3 is 2.53 bits per heavy atom. The molecule has 5 nitrogen and oxygen atoms in total. The molecule has 0 aliphatic carbocycles. The number of hydrogen-bond acceptors (Lipinski definition) is 5. The van der Waals surface area contributed by atoms with Gasteiger partial charge in [-0.05, 0) is 37.3 Å². The van der Waals surface area contributed by atoms with Crippen molar-refractivity contribution < 1.29 is 13.2 Å². The second-order valence-electron chi connectivity index (χ2n) is 4.16. The summed E-state index contributed by atoms with van der Waals surface area (Å²) in [5, 5.41) is 0. The fraction of sp³-hybridized carbons (Fsp3) is 0.154. The lowest BCUT2D eigenvalue weighted by atomic mass is 10.3. The number of anilines is 1. The van der Waals surface area contributed by atoms with E-state index in [9.17, 15) is 8.42 Å². The van der Waals surface area contributed by atoms with Gasteiger partial charge < -0.3 is 10.5 Å². The van der Waals surface area contributed by atoms with Gasteiger partial charge in [0.2, 0.25) is 0 Å². The molecule has 0 radical (unpaired) electrons. The second-order valence-corrected chi connectivity index (χ2v) is 6.18. The predicted octanol–water partition coefficient (Wildman–Crippen LogP) is 2.17. The molecule has 0 aliphatic heterocycles. The van der Waals surface area contributed by atoms with Gasteiger partial charge in [-0.3, -0.25) is 4.98 Å². The lowest BCUT2D eigenvalue weighted by Gasteiger charge is -2.10. The number of rotatable bonds is 3. The third-order valence-corrected chi connectivity index (χ3v) is 3.70. The average Bonchev–Trinajstić information content (AvgIpc) is 2.33. The molecule has 19 heavy (non-hydrogen) atoms. The summed E-state index contributed by atoms with van der Waals surface area (Å²) < 4.78 is 28.4. The number of nitrogens with zero attached hydrogens (tertiary/aromatic N) is 1. The van der Waals surface area contributed by atoms with Gasteiger partial charge in [0.25, 0.3) is 0 Å². The van der Waals surface area contributed by atoms with Crippen molar-refractivity contribution in [3.05, 3.63) is 42.2 Å². The molecule has 0 aliphatic rings. The molecule has 0 unspecified atom stereocenters. The van der Waals surface area contributed by atoms with Crippen LogP contribution in [0.3, 0.4) is 0 Å². The molecular formula is C13H14N2O3S. The maximum Gasteiger partial charge on any atom is 0.175 e. The highest BCUT2D eigenvalue weighted by molar-refractivity contribution is 7.90. The molecule has 2 rings (SSSR count). The van der Waals surface area contributed by atoms with Gasteiger partial charge in [-0.1, -0.05) is 0 Å². The summed E-state index contributed by atoms with van der Waals surface area (Å²) in [6, 6.07) is 7.91. The molecule has 0 atom stereocenters. The summed E-state index contributed by atoms with van der Waals surface area (Å²) in [5.41, 5.74) is 6.81. The molecule has 1 aromatic carbocycles. The van der Waals surface area contributed by atoms with Crippen LogP contribution in [0.4, 0.5) is 5.69 Å². The first-order chi connectivity index (χ1) is 8.88. The first-order valence-electron chi connectivity index (χ1n) is 5.57. The first kappa shape index (κ1) is 13.4. The van der Waals surface area contributed by atoms with Crippen molar-refractivity contribution in [3.63, 3.8) is 0 Å². The zero-order chi connectivity index (χ0) is 14.0. The smallest absolute Gasteiger partial charge is 0.175 e. The molecule has 100 valence electrons. The van der Waals surface area contributed by atoms with Crippen LogP contribution in [0.2, 0.25) is 0 Å². The predicted molar refractivity (Wildman–Crippen MR) is 73.0 cm³/mol. The van der Waals surface area contributed by atoms with Crippen LogP contribution in [0.15, 0.2) is 41.4 Å². The molecule has 2 N–H and O–H groups in total. The van der Waals surface area contributed by atoms with Gasteiger partial charge in [0.15, 0.2) is 9.84 Å². The van der Waals surface area contributed by atoms with Crippen molar-refractivity contribution in [2.45, 2.75) is 11.8 Å². The van der Waals surface area contributed by atoms with Gasteiger partial charge in [-0.15, -0.1) is 0 Å². The first-order valence-corrected chi connectivity index (χ1v) is 7.46. The minimum Gasteiger partial charge on any atom is -0.453 e. The largest absolute Gasteiger partial charge is 0.453 e. The maximum atomic E-state index is 11.4. The molecule has 6 heteroatoms. The molecule has 0 fully saturated rings. The Kier molecular flexibility index (Phi) is 3.44. The van der Waals surface area contributed by atoms with E-state index in [1.807, 2.05) is 6.92 Å². The minimum absolute atomic E-state index is 0.167. The van der Waals surface area contributed by atoms with E-state index in [0.717, 1.165) is 11.9 Å². The van der Waals surface area contributed by atoms with E-state index in [4.69, 9.17) is 10.5 Å². The molecule has 0 saturated heterocycles. The van der Waals surface area contributed by atoms with Crippen LogP contribution in [0, 0.1) is 6.92 Å². The van der Waals surface area contributed by atoms with Crippen molar-refractivity contribution in [3.8, 4) is 11.5 Å². The number of nitrogen functional groups attached to an aromatic ring is 1. The molecule has 0 bridgehead atoms. The third-order valence-electron chi connectivity index (χ3n) is 2.59. The monoisotopic (exact) mass is 278 g/mol. The van der Waals surface area contributed by atoms with E-state index in [0.29, 0.717) is 11.5 Å². The van der Waals surface area contributed by atoms with Crippen molar-refractivity contribution in [1.29, 1.82) is 0 Å². The van der Waals surface area contributed by atoms with Gasteiger partial charge >= 0.3 is 0 Å². The number of nitrogens with two attached hydrogens (primary N) is 1. The quantitative estimate of drug-likeness (QED) is 0.870. The highest BCUT2D eigenvalue weighted by Crippen LogP contribution is 2.30. The average molecular weight is 278 g/mol. The number of sulfone groups is 1. The van der Waals surface area contributed by atoms with Crippen LogP contribution in [0.1, 0.15) is 5.69 Å². The summed E-state index contributed by atoms with van der Waals surface area (Å²) in [5.74, 6) is 0.991. The van der Waals surface area contributed by atoms with Gasteiger partial charge in [-0.25, -0.2) is 8.42 Å². The topological polar surface area (TPSA) is 82.3 Å². The highest BCUT2D eigenvalue weighted by atomic mass is 32.2. The van der Waals surface area contributed by atoms with Gasteiger partial charge in [0.05, 0.1) is 16.3 Å². The molecule has 1 heterocycles. The molecule has 0 saturated carbocycles. The van der Waals surface area contributed by atoms with E-state index >= 15 is 0 Å². The summed E-state index contributed by atoms with van der Waals surface area (Å²) in [6.07, 6.45) is 2.80. The van der Waals surface area contributed by atoms with Gasteiger partial charge in [0, 0.05) is 12.5 Å². The van der Waals surface area contributed by atoms with E-state index in [-0.39, 0.29) is 10.6 Å². The van der Waals surface area contributed by atoms with Crippen LogP contribution >= 0.6 is 0 Å². The molecule has 2 aromatic rings. The van der Waals surface area contributed by atoms with Crippen molar-refractivity contribution in [2.24, 2.45) is 0 Å². The zero-order valence-electron chi connectivity index (χ0n) is 10.6. The third kappa shape index (κ3) is 3.03. The standard InChI is InChI=1S/C13H14N2O3S/c1-9-12(4-3-7-15-9)18-13-6-5-10(8-11(13)14)19(2,16)17/h3-8H,14H2,1-2H3. The van der Waals surface area contributed by atoms with Crippen LogP contribution in [-0.2, 0) is 9.84 Å². The number of aryl methyl sites for hydroxylation is 1. The van der Waals surface area contributed by atoms with E-state index in [1.54, 1.807) is 18.3 Å². The molecular weight excluding hydrogens is 264 g/mol.